The zero-order valence-electron chi connectivity index (χ0n) is 11.1. The summed E-state index contributed by atoms with van der Waals surface area (Å²) in [5.41, 5.74) is 0. The van der Waals surface area contributed by atoms with Crippen molar-refractivity contribution in [2.75, 3.05) is 19.7 Å². The van der Waals surface area contributed by atoms with Gasteiger partial charge in [0, 0.05) is 30.6 Å². The molecule has 1 saturated heterocycles. The fourth-order valence-electron chi connectivity index (χ4n) is 2.41. The molecule has 20 heavy (non-hydrogen) atoms. The molecule has 0 N–H and O–H groups in total. The largest absolute Gasteiger partial charge is 0.424 e. The molecule has 2 aromatic rings. The van der Waals surface area contributed by atoms with E-state index in [-0.39, 0.29) is 6.10 Å². The van der Waals surface area contributed by atoms with Gasteiger partial charge in [-0.25, -0.2) is 4.98 Å². The first-order valence-electron chi connectivity index (χ1n) is 6.94. The van der Waals surface area contributed by atoms with Crippen LogP contribution in [-0.2, 0) is 11.3 Å². The van der Waals surface area contributed by atoms with Crippen LogP contribution < -0.4 is 0 Å². The van der Waals surface area contributed by atoms with E-state index >= 15 is 0 Å². The summed E-state index contributed by atoms with van der Waals surface area (Å²) < 4.78 is 11.5. The molecule has 1 saturated carbocycles. The second kappa shape index (κ2) is 5.23. The van der Waals surface area contributed by atoms with E-state index in [9.17, 15) is 0 Å². The smallest absolute Gasteiger partial charge is 0.230 e. The Morgan fingerprint density at radius 2 is 2.30 bits per heavy atom. The van der Waals surface area contributed by atoms with Crippen molar-refractivity contribution in [2.45, 2.75) is 31.4 Å². The fourth-order valence-corrected chi connectivity index (χ4v) is 3.08. The zero-order valence-corrected chi connectivity index (χ0v) is 11.9. The first-order valence-corrected chi connectivity index (χ1v) is 7.82. The van der Waals surface area contributed by atoms with Gasteiger partial charge >= 0.3 is 0 Å². The summed E-state index contributed by atoms with van der Waals surface area (Å²) in [5.74, 6) is 2.04. The minimum absolute atomic E-state index is 0.0644. The van der Waals surface area contributed by atoms with Gasteiger partial charge in [0.1, 0.15) is 11.1 Å². The monoisotopic (exact) mass is 292 g/mol. The maximum atomic E-state index is 5.78. The Balaban J connectivity index is 1.40. The Hall–Kier alpha value is -1.31. The van der Waals surface area contributed by atoms with Gasteiger partial charge < -0.3 is 9.15 Å². The topological polar surface area (TPSA) is 64.3 Å². The number of aromatic nitrogens is 3. The van der Waals surface area contributed by atoms with E-state index in [4.69, 9.17) is 9.15 Å². The van der Waals surface area contributed by atoms with Crippen molar-refractivity contribution < 1.29 is 9.15 Å². The van der Waals surface area contributed by atoms with Crippen LogP contribution in [0.1, 0.15) is 41.7 Å². The van der Waals surface area contributed by atoms with Crippen LogP contribution in [0.5, 0.6) is 0 Å². The third kappa shape index (κ3) is 2.61. The first kappa shape index (κ1) is 12.4. The number of hydrogen-bond donors (Lipinski definition) is 0. The van der Waals surface area contributed by atoms with Crippen molar-refractivity contribution >= 4 is 11.3 Å². The average molecular weight is 292 g/mol. The molecular formula is C13H16N4O2S. The molecule has 0 spiro atoms. The van der Waals surface area contributed by atoms with Crippen LogP contribution in [0, 0.1) is 0 Å². The van der Waals surface area contributed by atoms with Gasteiger partial charge in [0.15, 0.2) is 0 Å². The molecule has 4 rings (SSSR count). The van der Waals surface area contributed by atoms with Gasteiger partial charge in [0.05, 0.1) is 13.2 Å². The lowest BCUT2D eigenvalue weighted by Crippen LogP contribution is -2.37. The van der Waals surface area contributed by atoms with Gasteiger partial charge in [0.2, 0.25) is 11.8 Å². The van der Waals surface area contributed by atoms with Crippen molar-refractivity contribution in [2.24, 2.45) is 0 Å². The van der Waals surface area contributed by atoms with Gasteiger partial charge in [0.25, 0.3) is 0 Å². The van der Waals surface area contributed by atoms with Crippen molar-refractivity contribution in [1.82, 2.24) is 20.1 Å². The zero-order chi connectivity index (χ0) is 13.4. The lowest BCUT2D eigenvalue weighted by molar-refractivity contribution is -0.0353. The number of thiazole rings is 1. The molecule has 2 fully saturated rings. The first-order chi connectivity index (χ1) is 9.88. The summed E-state index contributed by atoms with van der Waals surface area (Å²) in [5, 5.41) is 11.3. The lowest BCUT2D eigenvalue weighted by Gasteiger charge is -2.30. The van der Waals surface area contributed by atoms with E-state index < -0.39 is 0 Å². The highest BCUT2D eigenvalue weighted by Gasteiger charge is 2.30. The molecule has 2 aliphatic rings. The summed E-state index contributed by atoms with van der Waals surface area (Å²) >= 11 is 1.64. The molecule has 0 amide bonds. The highest BCUT2D eigenvalue weighted by Crippen LogP contribution is 2.39. The quantitative estimate of drug-likeness (QED) is 0.858. The van der Waals surface area contributed by atoms with Gasteiger partial charge in [-0.3, -0.25) is 4.90 Å². The third-order valence-corrected chi connectivity index (χ3v) is 4.51. The predicted molar refractivity (Wildman–Crippen MR) is 72.4 cm³/mol. The molecule has 1 aliphatic heterocycles. The molecule has 0 radical (unpaired) electrons. The number of nitrogens with zero attached hydrogens (tertiary/aromatic N) is 4. The fraction of sp³-hybridized carbons (Fsp3) is 0.615. The predicted octanol–water partition coefficient (Wildman–Crippen LogP) is 1.98. The van der Waals surface area contributed by atoms with E-state index in [1.54, 1.807) is 11.3 Å². The van der Waals surface area contributed by atoms with Crippen LogP contribution in [-0.4, -0.2) is 39.8 Å². The normalized spacial score (nSPS) is 24.1. The highest BCUT2D eigenvalue weighted by molar-refractivity contribution is 7.09. The van der Waals surface area contributed by atoms with E-state index in [0.29, 0.717) is 25.0 Å². The maximum Gasteiger partial charge on any atom is 0.230 e. The summed E-state index contributed by atoms with van der Waals surface area (Å²) in [7, 11) is 0. The average Bonchev–Trinajstić information content (AvgIpc) is 3.00. The second-order valence-corrected chi connectivity index (χ2v) is 6.20. The highest BCUT2D eigenvalue weighted by atomic mass is 32.1. The van der Waals surface area contributed by atoms with E-state index in [2.05, 4.69) is 20.1 Å². The molecule has 1 atom stereocenters. The van der Waals surface area contributed by atoms with Crippen LogP contribution in [0.2, 0.25) is 0 Å². The Bertz CT molecular complexity index is 567. The van der Waals surface area contributed by atoms with Crippen LogP contribution in [0.25, 0.3) is 0 Å². The molecule has 106 valence electrons. The molecule has 1 aliphatic carbocycles. The summed E-state index contributed by atoms with van der Waals surface area (Å²) in [6.07, 6.45) is 4.26. The van der Waals surface area contributed by atoms with Crippen molar-refractivity contribution in [3.8, 4) is 0 Å². The van der Waals surface area contributed by atoms with Crippen LogP contribution in [0.3, 0.4) is 0 Å². The Morgan fingerprint density at radius 3 is 3.10 bits per heavy atom. The molecule has 3 heterocycles. The Morgan fingerprint density at radius 1 is 1.35 bits per heavy atom. The standard InChI is InChI=1S/C13H16N4O2S/c1-2-9(1)12-16-15-11(19-12)8-17-4-5-18-10(7-17)13-14-3-6-20-13/h3,6,9-10H,1-2,4-5,7-8H2. The Labute approximate surface area is 120 Å². The molecule has 0 bridgehead atoms. The number of morpholine rings is 1. The van der Waals surface area contributed by atoms with Gasteiger partial charge in [-0.15, -0.1) is 21.5 Å². The molecule has 6 nitrogen and oxygen atoms in total. The van der Waals surface area contributed by atoms with Gasteiger partial charge in [-0.05, 0) is 12.8 Å². The minimum atomic E-state index is 0.0644. The second-order valence-electron chi connectivity index (χ2n) is 5.27. The summed E-state index contributed by atoms with van der Waals surface area (Å²) in [6.45, 7) is 3.14. The summed E-state index contributed by atoms with van der Waals surface area (Å²) in [6, 6.07) is 0. The minimum Gasteiger partial charge on any atom is -0.424 e. The van der Waals surface area contributed by atoms with Crippen molar-refractivity contribution in [1.29, 1.82) is 0 Å². The molecule has 1 unspecified atom stereocenters. The lowest BCUT2D eigenvalue weighted by atomic mass is 10.3. The van der Waals surface area contributed by atoms with E-state index in [1.807, 2.05) is 11.6 Å². The van der Waals surface area contributed by atoms with E-state index in [0.717, 1.165) is 24.0 Å². The van der Waals surface area contributed by atoms with Crippen molar-refractivity contribution in [3.05, 3.63) is 28.4 Å². The molecule has 2 aromatic heterocycles. The molecular weight excluding hydrogens is 276 g/mol. The number of hydrogen-bond acceptors (Lipinski definition) is 7. The van der Waals surface area contributed by atoms with Gasteiger partial charge in [-0.1, -0.05) is 0 Å². The maximum absolute atomic E-state index is 5.78. The SMILES string of the molecule is c1csc(C2CN(Cc3nnc(C4CC4)o3)CCO2)n1. The van der Waals surface area contributed by atoms with Gasteiger partial charge in [-0.2, -0.15) is 0 Å². The Kier molecular flexibility index (Phi) is 3.25. The van der Waals surface area contributed by atoms with Crippen LogP contribution >= 0.6 is 11.3 Å². The van der Waals surface area contributed by atoms with Crippen LogP contribution in [0.4, 0.5) is 0 Å². The molecule has 0 aromatic carbocycles. The van der Waals surface area contributed by atoms with E-state index in [1.165, 1.54) is 12.8 Å². The number of ether oxygens (including phenoxy) is 1. The third-order valence-electron chi connectivity index (χ3n) is 3.65. The van der Waals surface area contributed by atoms with Crippen LogP contribution in [0.15, 0.2) is 16.0 Å². The number of rotatable bonds is 4. The van der Waals surface area contributed by atoms with Crippen molar-refractivity contribution in [3.63, 3.8) is 0 Å². The molecule has 7 heteroatoms. The summed E-state index contributed by atoms with van der Waals surface area (Å²) in [4.78, 5) is 6.62.